The molecule has 1 heterocycles. The second-order valence-electron chi connectivity index (χ2n) is 5.52. The monoisotopic (exact) mass is 360 g/mol. The number of nitrogens with zero attached hydrogens (tertiary/aromatic N) is 2. The number of aliphatic imine (C=N–C) groups is 1. The average Bonchev–Trinajstić information content (AvgIpc) is 3.14. The van der Waals surface area contributed by atoms with Crippen LogP contribution in [-0.2, 0) is 17.6 Å². The smallest absolute Gasteiger partial charge is 0.341 e. The fraction of sp³-hybridized carbons (Fsp3) is 0.294. The first-order valence-electron chi connectivity index (χ1n) is 7.84. The van der Waals surface area contributed by atoms with Gasteiger partial charge in [-0.1, -0.05) is 0 Å². The van der Waals surface area contributed by atoms with Gasteiger partial charge in [0.25, 0.3) is 5.69 Å². The molecule has 2 aromatic rings. The Kier molecular flexibility index (Phi) is 4.80. The molecule has 8 heteroatoms. The molecule has 0 unspecified atom stereocenters. The van der Waals surface area contributed by atoms with E-state index in [1.807, 2.05) is 0 Å². The highest BCUT2D eigenvalue weighted by Gasteiger charge is 2.27. The van der Waals surface area contributed by atoms with E-state index in [0.29, 0.717) is 10.6 Å². The molecular formula is C17H16N2O5S. The zero-order valence-corrected chi connectivity index (χ0v) is 14.3. The van der Waals surface area contributed by atoms with Crippen molar-refractivity contribution in [2.75, 3.05) is 6.61 Å². The van der Waals surface area contributed by atoms with Crippen LogP contribution in [0, 0.1) is 10.1 Å². The number of benzene rings is 1. The minimum Gasteiger partial charge on any atom is -0.507 e. The van der Waals surface area contributed by atoms with Crippen LogP contribution in [0.15, 0.2) is 23.2 Å². The summed E-state index contributed by atoms with van der Waals surface area (Å²) in [4.78, 5) is 28.0. The first-order valence-corrected chi connectivity index (χ1v) is 8.66. The van der Waals surface area contributed by atoms with Crippen LogP contribution in [0.25, 0.3) is 0 Å². The van der Waals surface area contributed by atoms with Crippen LogP contribution in [0.1, 0.15) is 39.7 Å². The fourth-order valence-electron chi connectivity index (χ4n) is 2.78. The highest BCUT2D eigenvalue weighted by atomic mass is 32.1. The molecule has 0 atom stereocenters. The molecule has 25 heavy (non-hydrogen) atoms. The van der Waals surface area contributed by atoms with Gasteiger partial charge in [-0.25, -0.2) is 9.79 Å². The van der Waals surface area contributed by atoms with Crippen molar-refractivity contribution in [2.45, 2.75) is 26.2 Å². The molecule has 130 valence electrons. The molecule has 3 rings (SSSR count). The predicted octanol–water partition coefficient (Wildman–Crippen LogP) is 3.78. The number of rotatable bonds is 5. The molecule has 1 aliphatic carbocycles. The van der Waals surface area contributed by atoms with E-state index >= 15 is 0 Å². The lowest BCUT2D eigenvalue weighted by Gasteiger charge is -2.03. The summed E-state index contributed by atoms with van der Waals surface area (Å²) in [6.45, 7) is 2.02. The summed E-state index contributed by atoms with van der Waals surface area (Å²) in [5.41, 5.74) is 1.54. The highest BCUT2D eigenvalue weighted by Crippen LogP contribution is 2.41. The Balaban J connectivity index is 1.98. The maximum absolute atomic E-state index is 12.3. The summed E-state index contributed by atoms with van der Waals surface area (Å²) in [5, 5.41) is 21.2. The van der Waals surface area contributed by atoms with Crippen molar-refractivity contribution in [2.24, 2.45) is 4.99 Å². The van der Waals surface area contributed by atoms with Gasteiger partial charge < -0.3 is 9.84 Å². The summed E-state index contributed by atoms with van der Waals surface area (Å²) < 4.78 is 5.13. The Bertz CT molecular complexity index is 872. The number of hydrogen-bond acceptors (Lipinski definition) is 7. The quantitative estimate of drug-likeness (QED) is 0.378. The summed E-state index contributed by atoms with van der Waals surface area (Å²) in [6.07, 6.45) is 4.07. The molecule has 0 amide bonds. The Morgan fingerprint density at radius 1 is 1.48 bits per heavy atom. The number of hydrogen-bond donors (Lipinski definition) is 1. The minimum absolute atomic E-state index is 0.115. The van der Waals surface area contributed by atoms with Crippen molar-refractivity contribution in [3.8, 4) is 5.75 Å². The molecule has 7 nitrogen and oxygen atoms in total. The number of non-ortho nitro benzene ring substituents is 1. The molecule has 0 saturated heterocycles. The van der Waals surface area contributed by atoms with E-state index in [9.17, 15) is 20.0 Å². The van der Waals surface area contributed by atoms with E-state index in [1.165, 1.54) is 35.8 Å². The maximum Gasteiger partial charge on any atom is 0.341 e. The first kappa shape index (κ1) is 17.1. The van der Waals surface area contributed by atoms with Crippen LogP contribution in [-0.4, -0.2) is 28.8 Å². The van der Waals surface area contributed by atoms with Gasteiger partial charge in [0.05, 0.1) is 17.1 Å². The number of carbonyl (C=O) groups excluding carboxylic acids is 1. The van der Waals surface area contributed by atoms with Crippen molar-refractivity contribution in [1.29, 1.82) is 0 Å². The van der Waals surface area contributed by atoms with Gasteiger partial charge in [0.15, 0.2) is 0 Å². The molecule has 0 spiro atoms. The Morgan fingerprint density at radius 2 is 2.28 bits per heavy atom. The average molecular weight is 360 g/mol. The normalized spacial score (nSPS) is 13.2. The van der Waals surface area contributed by atoms with Crippen LogP contribution in [0.2, 0.25) is 0 Å². The number of ether oxygens (including phenoxy) is 1. The van der Waals surface area contributed by atoms with Crippen LogP contribution in [0.3, 0.4) is 0 Å². The zero-order chi connectivity index (χ0) is 18.0. The Labute approximate surface area is 147 Å². The molecule has 1 N–H and O–H groups in total. The number of thiophene rings is 1. The Morgan fingerprint density at radius 3 is 3.00 bits per heavy atom. The number of carbonyl (C=O) groups is 1. The van der Waals surface area contributed by atoms with Crippen LogP contribution in [0.5, 0.6) is 5.75 Å². The molecule has 0 saturated carbocycles. The van der Waals surface area contributed by atoms with Crippen molar-refractivity contribution in [1.82, 2.24) is 0 Å². The molecule has 1 aliphatic rings. The topological polar surface area (TPSA) is 102 Å². The molecule has 1 aromatic heterocycles. The van der Waals surface area contributed by atoms with Gasteiger partial charge in [-0.3, -0.25) is 10.1 Å². The van der Waals surface area contributed by atoms with Crippen LogP contribution < -0.4 is 0 Å². The molecule has 1 aromatic carbocycles. The van der Waals surface area contributed by atoms with Gasteiger partial charge in [-0.05, 0) is 37.8 Å². The van der Waals surface area contributed by atoms with Gasteiger partial charge >= 0.3 is 5.97 Å². The van der Waals surface area contributed by atoms with Crippen molar-refractivity contribution >= 4 is 34.2 Å². The largest absolute Gasteiger partial charge is 0.507 e. The summed E-state index contributed by atoms with van der Waals surface area (Å²) >= 11 is 1.42. The third-order valence-electron chi connectivity index (χ3n) is 3.93. The molecule has 0 fully saturated rings. The van der Waals surface area contributed by atoms with Gasteiger partial charge in [0.2, 0.25) is 0 Å². The number of phenols is 1. The Hall–Kier alpha value is -2.74. The minimum atomic E-state index is -0.541. The third-order valence-corrected chi connectivity index (χ3v) is 5.12. The van der Waals surface area contributed by atoms with E-state index in [1.54, 1.807) is 6.92 Å². The third kappa shape index (κ3) is 3.39. The number of fused-ring (bicyclic) bond motifs is 1. The number of nitro groups is 1. The number of phenolic OH excluding ortho intramolecular Hbond substituents is 1. The first-order chi connectivity index (χ1) is 12.0. The SMILES string of the molecule is CCOC(=O)c1c(N=Cc2cc([N+](=O)[O-])ccc2O)sc2c1CCC2. The van der Waals surface area contributed by atoms with Crippen molar-refractivity contribution < 1.29 is 19.6 Å². The lowest BCUT2D eigenvalue weighted by atomic mass is 10.1. The van der Waals surface area contributed by atoms with E-state index < -0.39 is 10.9 Å². The van der Waals surface area contributed by atoms with Crippen LogP contribution in [0.4, 0.5) is 10.7 Å². The lowest BCUT2D eigenvalue weighted by molar-refractivity contribution is -0.384. The van der Waals surface area contributed by atoms with Crippen molar-refractivity contribution in [3.05, 3.63) is 49.9 Å². The van der Waals surface area contributed by atoms with Crippen LogP contribution >= 0.6 is 11.3 Å². The zero-order valence-electron chi connectivity index (χ0n) is 13.5. The molecule has 0 bridgehead atoms. The predicted molar refractivity (Wildman–Crippen MR) is 94.3 cm³/mol. The molecule has 0 radical (unpaired) electrons. The second-order valence-corrected chi connectivity index (χ2v) is 6.60. The van der Waals surface area contributed by atoms with Gasteiger partial charge in [-0.2, -0.15) is 0 Å². The maximum atomic E-state index is 12.3. The lowest BCUT2D eigenvalue weighted by Crippen LogP contribution is -2.06. The summed E-state index contributed by atoms with van der Waals surface area (Å²) in [7, 11) is 0. The molecule has 0 aliphatic heterocycles. The fourth-order valence-corrected chi connectivity index (χ4v) is 4.00. The molecular weight excluding hydrogens is 344 g/mol. The van der Waals surface area contributed by atoms with E-state index in [-0.39, 0.29) is 23.6 Å². The van der Waals surface area contributed by atoms with E-state index in [4.69, 9.17) is 4.74 Å². The number of nitro benzene ring substituents is 1. The summed E-state index contributed by atoms with van der Waals surface area (Å²) in [6, 6.07) is 3.71. The van der Waals surface area contributed by atoms with Gasteiger partial charge in [-0.15, -0.1) is 11.3 Å². The number of esters is 1. The van der Waals surface area contributed by atoms with E-state index in [2.05, 4.69) is 4.99 Å². The van der Waals surface area contributed by atoms with Crippen molar-refractivity contribution in [3.63, 3.8) is 0 Å². The van der Waals surface area contributed by atoms with Gasteiger partial charge in [0, 0.05) is 28.8 Å². The number of aryl methyl sites for hydroxylation is 1. The summed E-state index contributed by atoms with van der Waals surface area (Å²) in [5.74, 6) is -0.520. The number of aromatic hydroxyl groups is 1. The van der Waals surface area contributed by atoms with Gasteiger partial charge in [0.1, 0.15) is 10.8 Å². The standard InChI is InChI=1S/C17H16N2O5S/c1-2-24-17(21)15-12-4-3-5-14(12)25-16(15)18-9-10-8-11(19(22)23)6-7-13(10)20/h6-9,20H,2-5H2,1H3. The van der Waals surface area contributed by atoms with E-state index in [0.717, 1.165) is 29.7 Å². The highest BCUT2D eigenvalue weighted by molar-refractivity contribution is 7.16. The second kappa shape index (κ2) is 7.02.